The van der Waals surface area contributed by atoms with E-state index in [1.807, 2.05) is 18.2 Å². The largest absolute Gasteiger partial charge is 0.492 e. The molecule has 0 aliphatic heterocycles. The first-order chi connectivity index (χ1) is 9.26. The van der Waals surface area contributed by atoms with Crippen molar-refractivity contribution in [2.45, 2.75) is 33.1 Å². The molecule has 0 atom stereocenters. The summed E-state index contributed by atoms with van der Waals surface area (Å²) in [7, 11) is 0. The van der Waals surface area contributed by atoms with Crippen LogP contribution in [0.4, 0.5) is 0 Å². The van der Waals surface area contributed by atoms with E-state index in [4.69, 9.17) is 4.74 Å². The third-order valence-corrected chi connectivity index (χ3v) is 3.82. The fourth-order valence-corrected chi connectivity index (χ4v) is 2.60. The van der Waals surface area contributed by atoms with Crippen molar-refractivity contribution >= 4 is 5.78 Å². The van der Waals surface area contributed by atoms with E-state index in [9.17, 15) is 4.79 Å². The lowest BCUT2D eigenvalue weighted by Crippen LogP contribution is -2.28. The van der Waals surface area contributed by atoms with Crippen molar-refractivity contribution < 1.29 is 9.53 Å². The minimum atomic E-state index is 0.260. The SMILES string of the molecule is CCN(CC)CCOc1cccc2c1CCCC2=O. The van der Waals surface area contributed by atoms with Gasteiger partial charge in [-0.15, -0.1) is 0 Å². The molecule has 3 heteroatoms. The van der Waals surface area contributed by atoms with Crippen molar-refractivity contribution in [2.24, 2.45) is 0 Å². The van der Waals surface area contributed by atoms with E-state index in [1.165, 1.54) is 0 Å². The predicted molar refractivity (Wildman–Crippen MR) is 77.0 cm³/mol. The first-order valence-corrected chi connectivity index (χ1v) is 7.26. The second-order valence-corrected chi connectivity index (χ2v) is 4.93. The number of ketones is 1. The van der Waals surface area contributed by atoms with Crippen molar-refractivity contribution in [2.75, 3.05) is 26.2 Å². The Morgan fingerprint density at radius 1 is 1.21 bits per heavy atom. The lowest BCUT2D eigenvalue weighted by Gasteiger charge is -2.21. The van der Waals surface area contributed by atoms with Gasteiger partial charge < -0.3 is 9.64 Å². The molecule has 3 nitrogen and oxygen atoms in total. The van der Waals surface area contributed by atoms with Crippen LogP contribution in [0, 0.1) is 0 Å². The first kappa shape index (κ1) is 14.1. The fourth-order valence-electron chi connectivity index (χ4n) is 2.60. The third-order valence-electron chi connectivity index (χ3n) is 3.82. The van der Waals surface area contributed by atoms with E-state index in [0.717, 1.165) is 49.4 Å². The van der Waals surface area contributed by atoms with Crippen LogP contribution < -0.4 is 4.74 Å². The summed E-state index contributed by atoms with van der Waals surface area (Å²) >= 11 is 0. The van der Waals surface area contributed by atoms with Gasteiger partial charge in [-0.25, -0.2) is 0 Å². The molecule has 0 fully saturated rings. The van der Waals surface area contributed by atoms with Gasteiger partial charge >= 0.3 is 0 Å². The minimum absolute atomic E-state index is 0.260. The molecule has 19 heavy (non-hydrogen) atoms. The molecule has 0 spiro atoms. The molecule has 0 amide bonds. The third kappa shape index (κ3) is 3.35. The molecule has 0 bridgehead atoms. The van der Waals surface area contributed by atoms with Gasteiger partial charge in [0, 0.05) is 24.1 Å². The molecule has 0 saturated carbocycles. The minimum Gasteiger partial charge on any atom is -0.492 e. The van der Waals surface area contributed by atoms with Crippen LogP contribution in [0.15, 0.2) is 18.2 Å². The maximum Gasteiger partial charge on any atom is 0.163 e. The summed E-state index contributed by atoms with van der Waals surface area (Å²) in [6.07, 6.45) is 2.58. The van der Waals surface area contributed by atoms with Gasteiger partial charge in [0.2, 0.25) is 0 Å². The highest BCUT2D eigenvalue weighted by molar-refractivity contribution is 5.99. The van der Waals surface area contributed by atoms with Crippen LogP contribution >= 0.6 is 0 Å². The van der Waals surface area contributed by atoms with Gasteiger partial charge in [-0.05, 0) is 32.0 Å². The number of Topliss-reactive ketones (excluding diaryl/α,β-unsaturated/α-hetero) is 1. The number of hydrogen-bond donors (Lipinski definition) is 0. The summed E-state index contributed by atoms with van der Waals surface area (Å²) in [6.45, 7) is 8.03. The molecule has 1 aromatic carbocycles. The smallest absolute Gasteiger partial charge is 0.163 e. The van der Waals surface area contributed by atoms with E-state index in [-0.39, 0.29) is 5.78 Å². The van der Waals surface area contributed by atoms with Crippen molar-refractivity contribution in [3.8, 4) is 5.75 Å². The van der Waals surface area contributed by atoms with Crippen LogP contribution in [0.2, 0.25) is 0 Å². The highest BCUT2D eigenvalue weighted by Crippen LogP contribution is 2.29. The number of nitrogens with zero attached hydrogens (tertiary/aromatic N) is 1. The fraction of sp³-hybridized carbons (Fsp3) is 0.562. The Morgan fingerprint density at radius 2 is 2.00 bits per heavy atom. The van der Waals surface area contributed by atoms with Crippen LogP contribution in [0.25, 0.3) is 0 Å². The molecule has 0 radical (unpaired) electrons. The molecular weight excluding hydrogens is 238 g/mol. The van der Waals surface area contributed by atoms with Crippen LogP contribution in [-0.4, -0.2) is 36.9 Å². The molecule has 1 aliphatic carbocycles. The van der Waals surface area contributed by atoms with Crippen molar-refractivity contribution in [1.29, 1.82) is 0 Å². The van der Waals surface area contributed by atoms with Gasteiger partial charge in [0.1, 0.15) is 12.4 Å². The molecule has 1 aliphatic rings. The van der Waals surface area contributed by atoms with Gasteiger partial charge in [0.25, 0.3) is 0 Å². The summed E-state index contributed by atoms with van der Waals surface area (Å²) in [5, 5.41) is 0. The van der Waals surface area contributed by atoms with Gasteiger partial charge in [-0.1, -0.05) is 26.0 Å². The standard InChI is InChI=1S/C16H23NO2/c1-3-17(4-2)11-12-19-16-10-6-7-13-14(16)8-5-9-15(13)18/h6-7,10H,3-5,8-9,11-12H2,1-2H3. The summed E-state index contributed by atoms with van der Waals surface area (Å²) in [5.74, 6) is 1.16. The Kier molecular flexibility index (Phi) is 4.97. The summed E-state index contributed by atoms with van der Waals surface area (Å²) in [6, 6.07) is 5.84. The quantitative estimate of drug-likeness (QED) is 0.788. The summed E-state index contributed by atoms with van der Waals surface area (Å²) < 4.78 is 5.89. The van der Waals surface area contributed by atoms with Crippen LogP contribution in [-0.2, 0) is 6.42 Å². The molecule has 0 saturated heterocycles. The number of hydrogen-bond acceptors (Lipinski definition) is 3. The lowest BCUT2D eigenvalue weighted by atomic mass is 9.90. The highest BCUT2D eigenvalue weighted by atomic mass is 16.5. The van der Waals surface area contributed by atoms with E-state index >= 15 is 0 Å². The Bertz CT molecular complexity index is 438. The number of carbonyl (C=O) groups is 1. The average molecular weight is 261 g/mol. The zero-order valence-corrected chi connectivity index (χ0v) is 11.9. The van der Waals surface area contributed by atoms with Gasteiger partial charge in [0.15, 0.2) is 5.78 Å². The van der Waals surface area contributed by atoms with Crippen molar-refractivity contribution in [3.05, 3.63) is 29.3 Å². The number of fused-ring (bicyclic) bond motifs is 1. The Morgan fingerprint density at radius 3 is 2.74 bits per heavy atom. The molecule has 2 rings (SSSR count). The molecule has 0 unspecified atom stereocenters. The number of rotatable bonds is 6. The topological polar surface area (TPSA) is 29.5 Å². The van der Waals surface area contributed by atoms with E-state index in [1.54, 1.807) is 0 Å². The second kappa shape index (κ2) is 6.71. The molecule has 0 aromatic heterocycles. The number of ether oxygens (including phenoxy) is 1. The average Bonchev–Trinajstić information content (AvgIpc) is 2.44. The van der Waals surface area contributed by atoms with Gasteiger partial charge in [-0.2, -0.15) is 0 Å². The Hall–Kier alpha value is -1.35. The van der Waals surface area contributed by atoms with Crippen LogP contribution in [0.3, 0.4) is 0 Å². The number of benzene rings is 1. The first-order valence-electron chi connectivity index (χ1n) is 7.26. The Balaban J connectivity index is 2.01. The normalized spacial score (nSPS) is 14.6. The van der Waals surface area contributed by atoms with Gasteiger partial charge in [0.05, 0.1) is 0 Å². The van der Waals surface area contributed by atoms with Gasteiger partial charge in [-0.3, -0.25) is 4.79 Å². The zero-order valence-electron chi connectivity index (χ0n) is 11.9. The van der Waals surface area contributed by atoms with Crippen molar-refractivity contribution in [1.82, 2.24) is 4.90 Å². The van der Waals surface area contributed by atoms with Crippen LogP contribution in [0.1, 0.15) is 42.6 Å². The maximum atomic E-state index is 11.8. The Labute approximate surface area is 115 Å². The molecule has 1 aromatic rings. The lowest BCUT2D eigenvalue weighted by molar-refractivity contribution is 0.0971. The zero-order chi connectivity index (χ0) is 13.7. The number of likely N-dealkylation sites (N-methyl/N-ethyl adjacent to an activating group) is 1. The molecule has 0 N–H and O–H groups in total. The number of carbonyl (C=O) groups excluding carboxylic acids is 1. The summed E-state index contributed by atoms with van der Waals surface area (Å²) in [5.41, 5.74) is 1.98. The maximum absolute atomic E-state index is 11.8. The van der Waals surface area contributed by atoms with E-state index < -0.39 is 0 Å². The monoisotopic (exact) mass is 261 g/mol. The molecular formula is C16H23NO2. The van der Waals surface area contributed by atoms with E-state index in [0.29, 0.717) is 13.0 Å². The summed E-state index contributed by atoms with van der Waals surface area (Å²) in [4.78, 5) is 14.2. The van der Waals surface area contributed by atoms with Crippen molar-refractivity contribution in [3.63, 3.8) is 0 Å². The van der Waals surface area contributed by atoms with Crippen LogP contribution in [0.5, 0.6) is 5.75 Å². The predicted octanol–water partition coefficient (Wildman–Crippen LogP) is 2.93. The highest BCUT2D eigenvalue weighted by Gasteiger charge is 2.20. The second-order valence-electron chi connectivity index (χ2n) is 4.93. The van der Waals surface area contributed by atoms with E-state index in [2.05, 4.69) is 18.7 Å². The molecule has 104 valence electrons. The molecule has 0 heterocycles.